The number of nitrogens with zero attached hydrogens (tertiary/aromatic N) is 1. The number of nitrogens with two attached hydrogens (primary N) is 1. The molecule has 15 heavy (non-hydrogen) atoms. The van der Waals surface area contributed by atoms with Crippen LogP contribution in [-0.4, -0.2) is 4.98 Å². The summed E-state index contributed by atoms with van der Waals surface area (Å²) in [6, 6.07) is 12.1. The summed E-state index contributed by atoms with van der Waals surface area (Å²) in [6.45, 7) is 0. The molecule has 0 aliphatic carbocycles. The summed E-state index contributed by atoms with van der Waals surface area (Å²) >= 11 is 4.99. The molecule has 1 heterocycles. The summed E-state index contributed by atoms with van der Waals surface area (Å²) in [5, 5.41) is 0. The molecule has 2 N–H and O–H groups in total. The van der Waals surface area contributed by atoms with Crippen LogP contribution < -0.4 is 5.73 Å². The summed E-state index contributed by atoms with van der Waals surface area (Å²) in [5.74, 6) is 0.562. The molecule has 0 aliphatic rings. The largest absolute Gasteiger partial charge is 0.383 e. The summed E-state index contributed by atoms with van der Waals surface area (Å²) < 4.78 is 0.940. The van der Waals surface area contributed by atoms with Crippen molar-refractivity contribution in [3.05, 3.63) is 47.1 Å². The molecule has 0 amide bonds. The predicted molar refractivity (Wildman–Crippen MR) is 66.9 cm³/mol. The molecule has 0 saturated heterocycles. The minimum Gasteiger partial charge on any atom is -0.383 e. The lowest BCUT2D eigenvalue weighted by molar-refractivity contribution is 1.23. The highest BCUT2D eigenvalue weighted by Crippen LogP contribution is 2.32. The molecule has 0 fully saturated rings. The van der Waals surface area contributed by atoms with Gasteiger partial charge in [-0.25, -0.2) is 4.98 Å². The molecule has 0 unspecified atom stereocenters. The molecule has 76 valence electrons. The van der Waals surface area contributed by atoms with Crippen molar-refractivity contribution in [2.24, 2.45) is 0 Å². The van der Waals surface area contributed by atoms with Gasteiger partial charge in [0.1, 0.15) is 5.82 Å². The van der Waals surface area contributed by atoms with E-state index in [0.717, 1.165) is 14.3 Å². The number of rotatable bonds is 2. The maximum Gasteiger partial charge on any atom is 0.137 e. The van der Waals surface area contributed by atoms with Crippen LogP contribution in [0.5, 0.6) is 0 Å². The highest BCUT2D eigenvalue weighted by atomic mass is 79.9. The molecule has 2 aromatic rings. The Kier molecular flexibility index (Phi) is 3.28. The van der Waals surface area contributed by atoms with E-state index in [-0.39, 0.29) is 0 Å². The number of pyridine rings is 1. The second-order valence-corrected chi connectivity index (χ2v) is 4.98. The quantitative estimate of drug-likeness (QED) is 0.914. The smallest absolute Gasteiger partial charge is 0.137 e. The van der Waals surface area contributed by atoms with E-state index in [2.05, 4.69) is 20.9 Å². The monoisotopic (exact) mass is 280 g/mol. The van der Waals surface area contributed by atoms with E-state index in [1.54, 1.807) is 18.0 Å². The van der Waals surface area contributed by atoms with Crippen molar-refractivity contribution >= 4 is 33.5 Å². The highest BCUT2D eigenvalue weighted by molar-refractivity contribution is 9.10. The fourth-order valence-corrected chi connectivity index (χ4v) is 2.50. The molecular formula is C11H9BrN2S. The van der Waals surface area contributed by atoms with Gasteiger partial charge in [0.2, 0.25) is 0 Å². The molecule has 2 rings (SSSR count). The van der Waals surface area contributed by atoms with Gasteiger partial charge in [-0.3, -0.25) is 0 Å². The van der Waals surface area contributed by atoms with Crippen LogP contribution in [0.2, 0.25) is 0 Å². The van der Waals surface area contributed by atoms with Crippen molar-refractivity contribution in [1.29, 1.82) is 0 Å². The molecule has 1 aromatic heterocycles. The van der Waals surface area contributed by atoms with Crippen LogP contribution in [-0.2, 0) is 0 Å². The zero-order valence-electron chi connectivity index (χ0n) is 7.85. The van der Waals surface area contributed by atoms with Gasteiger partial charge in [-0.1, -0.05) is 30.0 Å². The van der Waals surface area contributed by atoms with E-state index in [0.29, 0.717) is 5.82 Å². The van der Waals surface area contributed by atoms with Gasteiger partial charge in [-0.2, -0.15) is 0 Å². The summed E-state index contributed by atoms with van der Waals surface area (Å²) in [6.07, 6.45) is 1.70. The fraction of sp³-hybridized carbons (Fsp3) is 0. The number of benzene rings is 1. The second kappa shape index (κ2) is 4.68. The Bertz CT molecular complexity index is 459. The lowest BCUT2D eigenvalue weighted by atomic mass is 10.4. The Hall–Kier alpha value is -1.00. The van der Waals surface area contributed by atoms with Gasteiger partial charge in [-0.15, -0.1) is 0 Å². The van der Waals surface area contributed by atoms with Gasteiger partial charge in [0, 0.05) is 15.6 Å². The minimum atomic E-state index is 0.562. The molecule has 2 nitrogen and oxygen atoms in total. The SMILES string of the molecule is Nc1ncc(Br)cc1Sc1ccccc1. The number of hydrogen-bond donors (Lipinski definition) is 1. The van der Waals surface area contributed by atoms with Crippen molar-refractivity contribution in [3.63, 3.8) is 0 Å². The van der Waals surface area contributed by atoms with Crippen LogP contribution in [0.3, 0.4) is 0 Å². The molecule has 0 aliphatic heterocycles. The average molecular weight is 281 g/mol. The fourth-order valence-electron chi connectivity index (χ4n) is 1.13. The Morgan fingerprint density at radius 1 is 1.20 bits per heavy atom. The van der Waals surface area contributed by atoms with Crippen molar-refractivity contribution in [1.82, 2.24) is 4.98 Å². The summed E-state index contributed by atoms with van der Waals surface area (Å²) in [4.78, 5) is 6.21. The van der Waals surface area contributed by atoms with Gasteiger partial charge >= 0.3 is 0 Å². The topological polar surface area (TPSA) is 38.9 Å². The number of anilines is 1. The third-order valence-corrected chi connectivity index (χ3v) is 3.31. The third-order valence-electron chi connectivity index (χ3n) is 1.82. The van der Waals surface area contributed by atoms with Crippen LogP contribution in [0.15, 0.2) is 56.9 Å². The van der Waals surface area contributed by atoms with Gasteiger partial charge < -0.3 is 5.73 Å². The molecule has 0 atom stereocenters. The second-order valence-electron chi connectivity index (χ2n) is 2.95. The summed E-state index contributed by atoms with van der Waals surface area (Å²) in [5.41, 5.74) is 5.78. The first kappa shape index (κ1) is 10.5. The number of hydrogen-bond acceptors (Lipinski definition) is 3. The highest BCUT2D eigenvalue weighted by Gasteiger charge is 2.03. The van der Waals surface area contributed by atoms with E-state index < -0.39 is 0 Å². The standard InChI is InChI=1S/C11H9BrN2S/c12-8-6-10(11(13)14-7-8)15-9-4-2-1-3-5-9/h1-7H,(H2,13,14). The average Bonchev–Trinajstić information content (AvgIpc) is 2.25. The maximum absolute atomic E-state index is 5.78. The van der Waals surface area contributed by atoms with Crippen molar-refractivity contribution < 1.29 is 0 Å². The van der Waals surface area contributed by atoms with Gasteiger partial charge in [0.05, 0.1) is 4.90 Å². The van der Waals surface area contributed by atoms with Crippen LogP contribution in [0.4, 0.5) is 5.82 Å². The van der Waals surface area contributed by atoms with E-state index in [4.69, 9.17) is 5.73 Å². The molecule has 0 bridgehead atoms. The first-order valence-corrected chi connectivity index (χ1v) is 6.00. The normalized spacial score (nSPS) is 10.2. The van der Waals surface area contributed by atoms with Gasteiger partial charge in [-0.05, 0) is 34.1 Å². The zero-order valence-corrected chi connectivity index (χ0v) is 10.3. The Morgan fingerprint density at radius 2 is 1.93 bits per heavy atom. The lowest BCUT2D eigenvalue weighted by Crippen LogP contribution is -1.92. The number of halogens is 1. The van der Waals surface area contributed by atoms with Crippen molar-refractivity contribution in [3.8, 4) is 0 Å². The lowest BCUT2D eigenvalue weighted by Gasteiger charge is -2.04. The van der Waals surface area contributed by atoms with Gasteiger partial charge in [0.25, 0.3) is 0 Å². The molecule has 0 saturated carbocycles. The van der Waals surface area contributed by atoms with E-state index >= 15 is 0 Å². The van der Waals surface area contributed by atoms with E-state index in [9.17, 15) is 0 Å². The van der Waals surface area contributed by atoms with E-state index in [1.807, 2.05) is 36.4 Å². The number of nitrogen functional groups attached to an aromatic ring is 1. The zero-order chi connectivity index (χ0) is 10.7. The first-order chi connectivity index (χ1) is 7.25. The predicted octanol–water partition coefficient (Wildman–Crippen LogP) is 3.58. The Labute approximate surface area is 101 Å². The summed E-state index contributed by atoms with van der Waals surface area (Å²) in [7, 11) is 0. The Balaban J connectivity index is 2.28. The van der Waals surface area contributed by atoms with Crippen LogP contribution >= 0.6 is 27.7 Å². The van der Waals surface area contributed by atoms with Crippen molar-refractivity contribution in [2.45, 2.75) is 9.79 Å². The number of aromatic nitrogens is 1. The molecule has 0 spiro atoms. The van der Waals surface area contributed by atoms with Gasteiger partial charge in [0.15, 0.2) is 0 Å². The third kappa shape index (κ3) is 2.73. The Morgan fingerprint density at radius 3 is 2.67 bits per heavy atom. The maximum atomic E-state index is 5.78. The van der Waals surface area contributed by atoms with E-state index in [1.165, 1.54) is 0 Å². The van der Waals surface area contributed by atoms with Crippen LogP contribution in [0, 0.1) is 0 Å². The molecule has 0 radical (unpaired) electrons. The van der Waals surface area contributed by atoms with Crippen LogP contribution in [0.25, 0.3) is 0 Å². The molecule has 4 heteroatoms. The van der Waals surface area contributed by atoms with Crippen LogP contribution in [0.1, 0.15) is 0 Å². The van der Waals surface area contributed by atoms with Crippen molar-refractivity contribution in [2.75, 3.05) is 5.73 Å². The molecule has 1 aromatic carbocycles. The molecular weight excluding hydrogens is 272 g/mol. The first-order valence-electron chi connectivity index (χ1n) is 4.39. The minimum absolute atomic E-state index is 0.562.